The van der Waals surface area contributed by atoms with E-state index in [2.05, 4.69) is 23.6 Å². The van der Waals surface area contributed by atoms with E-state index >= 15 is 0 Å². The molecule has 0 radical (unpaired) electrons. The smallest absolute Gasteiger partial charge is 0.303 e. The standard InChI is InChI=1S/C37H53N3O10S/c1-23(8-15-32-24(2)18-31(26(4)49-32)39-34(42)17-10-25(3)48-27(5)41)9-16-33-36(44)37(22-47-37)20-29(50-33)19-35(43)38-21-28-11-13-30(14-12-28)51(45,46)40(6)7/h8-14,16-17,24-26,29,31-33,36,44H,15,18-22H2,1-7H3,(H,38,43)(H,39,42)/t24-,25-,26+,29+,31+,32-,33+,36+,37+/m0/s1. The van der Waals surface area contributed by atoms with Crippen molar-refractivity contribution >= 4 is 27.8 Å². The number of allylic oxidation sites excluding steroid dienone is 2. The summed E-state index contributed by atoms with van der Waals surface area (Å²) in [6.45, 7) is 9.65. The quantitative estimate of drug-likeness (QED) is 0.112. The minimum Gasteiger partial charge on any atom is -0.459 e. The van der Waals surface area contributed by atoms with Crippen molar-refractivity contribution in [1.29, 1.82) is 0 Å². The van der Waals surface area contributed by atoms with Crippen LogP contribution in [-0.2, 0) is 49.9 Å². The Morgan fingerprint density at radius 2 is 1.80 bits per heavy atom. The van der Waals surface area contributed by atoms with Crippen LogP contribution in [0.5, 0.6) is 0 Å². The van der Waals surface area contributed by atoms with Gasteiger partial charge in [0.1, 0.15) is 23.9 Å². The first kappa shape index (κ1) is 40.4. The second-order valence-corrected chi connectivity index (χ2v) is 16.2. The van der Waals surface area contributed by atoms with Gasteiger partial charge in [-0.3, -0.25) is 14.4 Å². The van der Waals surface area contributed by atoms with Crippen LogP contribution in [0.4, 0.5) is 0 Å². The van der Waals surface area contributed by atoms with Crippen molar-refractivity contribution in [2.45, 2.75) is 120 Å². The van der Waals surface area contributed by atoms with Crippen LogP contribution in [0.1, 0.15) is 65.9 Å². The number of carbonyl (C=O) groups is 3. The third-order valence-electron chi connectivity index (χ3n) is 9.53. The molecule has 2 amide bonds. The number of epoxide rings is 1. The van der Waals surface area contributed by atoms with Crippen LogP contribution < -0.4 is 10.6 Å². The van der Waals surface area contributed by atoms with E-state index in [1.807, 2.05) is 26.0 Å². The number of rotatable bonds is 14. The van der Waals surface area contributed by atoms with Crippen LogP contribution in [0.15, 0.2) is 65.1 Å². The maximum Gasteiger partial charge on any atom is 0.303 e. The average Bonchev–Trinajstić information content (AvgIpc) is 3.84. The Hall–Kier alpha value is -3.40. The number of benzene rings is 1. The van der Waals surface area contributed by atoms with Gasteiger partial charge >= 0.3 is 5.97 Å². The molecular formula is C37H53N3O10S. The van der Waals surface area contributed by atoms with Gasteiger partial charge in [0.05, 0.1) is 42.3 Å². The van der Waals surface area contributed by atoms with Gasteiger partial charge in [-0.1, -0.05) is 42.9 Å². The molecule has 1 spiro atoms. The van der Waals surface area contributed by atoms with Gasteiger partial charge in [0, 0.05) is 40.1 Å². The number of aliphatic hydroxyl groups is 1. The molecule has 3 fully saturated rings. The highest BCUT2D eigenvalue weighted by Crippen LogP contribution is 2.43. The largest absolute Gasteiger partial charge is 0.459 e. The zero-order valence-corrected chi connectivity index (χ0v) is 31.4. The molecule has 4 rings (SSSR count). The average molecular weight is 732 g/mol. The molecule has 14 heteroatoms. The normalized spacial score (nSPS) is 30.5. The lowest BCUT2D eigenvalue weighted by atomic mass is 9.87. The molecule has 3 aliphatic heterocycles. The van der Waals surface area contributed by atoms with Gasteiger partial charge in [-0.25, -0.2) is 12.7 Å². The zero-order chi connectivity index (χ0) is 37.5. The van der Waals surface area contributed by atoms with Crippen molar-refractivity contribution in [3.63, 3.8) is 0 Å². The van der Waals surface area contributed by atoms with Crippen LogP contribution in [0, 0.1) is 5.92 Å². The number of hydrogen-bond acceptors (Lipinski definition) is 10. The maximum absolute atomic E-state index is 12.9. The molecule has 0 bridgehead atoms. The van der Waals surface area contributed by atoms with Gasteiger partial charge in [0.15, 0.2) is 0 Å². The van der Waals surface area contributed by atoms with Crippen LogP contribution in [0.2, 0.25) is 0 Å². The lowest BCUT2D eigenvalue weighted by molar-refractivity contribution is -0.145. The van der Waals surface area contributed by atoms with Crippen LogP contribution >= 0.6 is 0 Å². The van der Waals surface area contributed by atoms with Gasteiger partial charge in [-0.15, -0.1) is 0 Å². The summed E-state index contributed by atoms with van der Waals surface area (Å²) in [7, 11) is -0.589. The van der Waals surface area contributed by atoms with Gasteiger partial charge in [-0.2, -0.15) is 0 Å². The number of nitrogens with zero attached hydrogens (tertiary/aromatic N) is 1. The maximum atomic E-state index is 12.9. The first-order chi connectivity index (χ1) is 24.0. The fraction of sp³-hybridized carbons (Fsp3) is 0.595. The third-order valence-corrected chi connectivity index (χ3v) is 11.4. The summed E-state index contributed by atoms with van der Waals surface area (Å²) < 4.78 is 48.9. The first-order valence-electron chi connectivity index (χ1n) is 17.4. The SMILES string of the molecule is CC(=O)O[C@@H](C)C=CC(=O)N[C@@H]1C[C@H](C)[C@H](CC=C(C)C=C[C@H]2O[C@H](CC(=O)NCc3ccc(S(=O)(=O)N(C)C)cc3)C[C@@]3(CO3)[C@@H]2O)O[C@@H]1C. The molecule has 3 N–H and O–H groups in total. The van der Waals surface area contributed by atoms with Gasteiger partial charge < -0.3 is 34.7 Å². The molecule has 13 nitrogen and oxygen atoms in total. The van der Waals surface area contributed by atoms with E-state index in [0.29, 0.717) is 19.4 Å². The molecule has 3 aliphatic rings. The molecule has 0 unspecified atom stereocenters. The van der Waals surface area contributed by atoms with Gasteiger partial charge in [0.2, 0.25) is 21.8 Å². The lowest BCUT2D eigenvalue weighted by Gasteiger charge is -2.39. The summed E-state index contributed by atoms with van der Waals surface area (Å²) in [6.07, 6.45) is 7.90. The van der Waals surface area contributed by atoms with E-state index in [9.17, 15) is 27.9 Å². The molecule has 282 valence electrons. The molecule has 1 aromatic carbocycles. The minimum atomic E-state index is -3.53. The number of amides is 2. The number of esters is 1. The molecule has 51 heavy (non-hydrogen) atoms. The molecule has 9 atom stereocenters. The molecule has 0 aliphatic carbocycles. The second kappa shape index (κ2) is 17.4. The Labute approximate surface area is 301 Å². The first-order valence-corrected chi connectivity index (χ1v) is 18.8. The predicted molar refractivity (Wildman–Crippen MR) is 190 cm³/mol. The summed E-state index contributed by atoms with van der Waals surface area (Å²) in [5.74, 6) is -0.714. The van der Waals surface area contributed by atoms with Crippen LogP contribution in [-0.4, -0.2) is 105 Å². The van der Waals surface area contributed by atoms with Crippen molar-refractivity contribution in [3.8, 4) is 0 Å². The van der Waals surface area contributed by atoms with Gasteiger partial charge in [-0.05, 0) is 63.3 Å². The summed E-state index contributed by atoms with van der Waals surface area (Å²) in [5, 5.41) is 16.9. The minimum absolute atomic E-state index is 0.0393. The van der Waals surface area contributed by atoms with E-state index in [0.717, 1.165) is 21.9 Å². The van der Waals surface area contributed by atoms with Crippen LogP contribution in [0.25, 0.3) is 0 Å². The predicted octanol–water partition coefficient (Wildman–Crippen LogP) is 2.93. The number of nitrogens with one attached hydrogen (secondary N) is 2. The van der Waals surface area contributed by atoms with E-state index in [1.165, 1.54) is 39.2 Å². The highest BCUT2D eigenvalue weighted by atomic mass is 32.2. The zero-order valence-electron chi connectivity index (χ0n) is 30.5. The highest BCUT2D eigenvalue weighted by molar-refractivity contribution is 7.89. The molecule has 0 saturated carbocycles. The molecule has 3 heterocycles. The monoisotopic (exact) mass is 731 g/mol. The number of aliphatic hydroxyl groups excluding tert-OH is 1. The highest BCUT2D eigenvalue weighted by Gasteiger charge is 2.58. The molecule has 0 aromatic heterocycles. The molecule has 3 saturated heterocycles. The molecular weight excluding hydrogens is 678 g/mol. The number of carbonyl (C=O) groups excluding carboxylic acids is 3. The fourth-order valence-corrected chi connectivity index (χ4v) is 7.26. The van der Waals surface area contributed by atoms with Crippen molar-refractivity contribution in [1.82, 2.24) is 14.9 Å². The van der Waals surface area contributed by atoms with Crippen LogP contribution in [0.3, 0.4) is 0 Å². The van der Waals surface area contributed by atoms with E-state index in [-0.39, 0.29) is 53.8 Å². The van der Waals surface area contributed by atoms with Crippen molar-refractivity contribution in [3.05, 3.63) is 65.8 Å². The van der Waals surface area contributed by atoms with E-state index in [4.69, 9.17) is 18.9 Å². The Kier molecular flexibility index (Phi) is 13.8. The number of hydrogen-bond donors (Lipinski definition) is 3. The summed E-state index contributed by atoms with van der Waals surface area (Å²) in [4.78, 5) is 36.6. The Bertz CT molecular complexity index is 1590. The van der Waals surface area contributed by atoms with Crippen molar-refractivity contribution < 1.29 is 46.9 Å². The summed E-state index contributed by atoms with van der Waals surface area (Å²) >= 11 is 0. The Morgan fingerprint density at radius 3 is 2.43 bits per heavy atom. The third kappa shape index (κ3) is 11.3. The lowest BCUT2D eigenvalue weighted by Crippen LogP contribution is -2.50. The number of ether oxygens (including phenoxy) is 4. The summed E-state index contributed by atoms with van der Waals surface area (Å²) in [5.41, 5.74) is 0.997. The van der Waals surface area contributed by atoms with E-state index in [1.54, 1.807) is 25.1 Å². The second-order valence-electron chi connectivity index (χ2n) is 14.1. The fourth-order valence-electron chi connectivity index (χ4n) is 6.36. The Morgan fingerprint density at radius 1 is 1.12 bits per heavy atom. The van der Waals surface area contributed by atoms with Crippen molar-refractivity contribution in [2.24, 2.45) is 5.92 Å². The number of sulfonamides is 1. The Balaban J connectivity index is 1.25. The topological polar surface area (TPSA) is 173 Å². The van der Waals surface area contributed by atoms with E-state index < -0.39 is 46.0 Å². The van der Waals surface area contributed by atoms with Crippen molar-refractivity contribution in [2.75, 3.05) is 20.7 Å². The molecule has 1 aromatic rings. The summed E-state index contributed by atoms with van der Waals surface area (Å²) in [6, 6.07) is 6.22. The van der Waals surface area contributed by atoms with Gasteiger partial charge in [0.25, 0.3) is 0 Å².